The molecule has 0 amide bonds. The number of halogens is 1. The monoisotopic (exact) mass is 393 g/mol. The number of pyridine rings is 1. The third kappa shape index (κ3) is 3.88. The number of carbonyl (C=O) groups excluding carboxylic acids is 1. The number of hydrogen-bond donors (Lipinski definition) is 0. The molecule has 0 saturated heterocycles. The maximum Gasteiger partial charge on any atom is 0.173 e. The van der Waals surface area contributed by atoms with E-state index >= 15 is 0 Å². The summed E-state index contributed by atoms with van der Waals surface area (Å²) in [5, 5.41) is 0. The van der Waals surface area contributed by atoms with Crippen LogP contribution in [0.15, 0.2) is 79.1 Å². The number of fused-ring (bicyclic) bond motifs is 1. The van der Waals surface area contributed by atoms with E-state index in [0.29, 0.717) is 5.78 Å². The SMILES string of the molecule is O=C1c2ccccc2CC1Cc1cc[n+](Cc2ccccc2)cc1.[Br-]. The van der Waals surface area contributed by atoms with Crippen molar-refractivity contribution in [2.75, 3.05) is 0 Å². The summed E-state index contributed by atoms with van der Waals surface area (Å²) < 4.78 is 2.17. The molecule has 1 aliphatic rings. The van der Waals surface area contributed by atoms with Crippen molar-refractivity contribution in [3.8, 4) is 0 Å². The molecular weight excluding hydrogens is 374 g/mol. The van der Waals surface area contributed by atoms with Crippen molar-refractivity contribution >= 4 is 5.78 Å². The summed E-state index contributed by atoms with van der Waals surface area (Å²) in [6.45, 7) is 0.870. The molecule has 0 aliphatic heterocycles. The maximum atomic E-state index is 12.5. The van der Waals surface area contributed by atoms with Gasteiger partial charge in [-0.2, -0.15) is 0 Å². The van der Waals surface area contributed by atoms with Gasteiger partial charge in [-0.1, -0.05) is 54.6 Å². The summed E-state index contributed by atoms with van der Waals surface area (Å²) in [6, 6.07) is 22.7. The molecule has 0 saturated carbocycles. The van der Waals surface area contributed by atoms with Gasteiger partial charge in [0.05, 0.1) is 0 Å². The van der Waals surface area contributed by atoms with Crippen molar-refractivity contribution in [2.24, 2.45) is 5.92 Å². The van der Waals surface area contributed by atoms with Gasteiger partial charge in [0.25, 0.3) is 0 Å². The molecule has 0 fully saturated rings. The van der Waals surface area contributed by atoms with Gasteiger partial charge in [-0.05, 0) is 24.0 Å². The van der Waals surface area contributed by atoms with Crippen LogP contribution in [0.2, 0.25) is 0 Å². The van der Waals surface area contributed by atoms with E-state index in [1.54, 1.807) is 0 Å². The number of carbonyl (C=O) groups is 1. The van der Waals surface area contributed by atoms with E-state index in [-0.39, 0.29) is 22.9 Å². The third-order valence-corrected chi connectivity index (χ3v) is 4.77. The van der Waals surface area contributed by atoms with Crippen LogP contribution in [0.4, 0.5) is 0 Å². The van der Waals surface area contributed by atoms with Crippen LogP contribution in [0.1, 0.15) is 27.0 Å². The summed E-state index contributed by atoms with van der Waals surface area (Å²) >= 11 is 0. The first-order valence-electron chi connectivity index (χ1n) is 8.43. The van der Waals surface area contributed by atoms with Gasteiger partial charge >= 0.3 is 0 Å². The minimum Gasteiger partial charge on any atom is -1.00 e. The summed E-state index contributed by atoms with van der Waals surface area (Å²) in [4.78, 5) is 12.5. The third-order valence-electron chi connectivity index (χ3n) is 4.77. The molecular formula is C22H20BrNO. The largest absolute Gasteiger partial charge is 1.00 e. The van der Waals surface area contributed by atoms with Crippen molar-refractivity contribution in [3.05, 3.63) is 101 Å². The van der Waals surface area contributed by atoms with Crippen LogP contribution < -0.4 is 21.5 Å². The smallest absolute Gasteiger partial charge is 0.173 e. The van der Waals surface area contributed by atoms with E-state index in [0.717, 1.165) is 24.9 Å². The summed E-state index contributed by atoms with van der Waals surface area (Å²) in [5.74, 6) is 0.388. The Hall–Kier alpha value is -2.26. The van der Waals surface area contributed by atoms with Crippen LogP contribution in [-0.4, -0.2) is 5.78 Å². The summed E-state index contributed by atoms with van der Waals surface area (Å²) in [7, 11) is 0. The van der Waals surface area contributed by atoms with Crippen LogP contribution in [0.25, 0.3) is 0 Å². The number of benzene rings is 2. The number of rotatable bonds is 4. The zero-order valence-electron chi connectivity index (χ0n) is 13.9. The maximum absolute atomic E-state index is 12.5. The van der Waals surface area contributed by atoms with Gasteiger partial charge in [-0.3, -0.25) is 4.79 Å². The molecule has 3 heteroatoms. The molecule has 4 rings (SSSR count). The zero-order valence-corrected chi connectivity index (χ0v) is 15.5. The normalized spacial score (nSPS) is 15.5. The molecule has 0 N–H and O–H groups in total. The first kappa shape index (κ1) is 17.6. The van der Waals surface area contributed by atoms with Crippen molar-refractivity contribution in [1.82, 2.24) is 0 Å². The standard InChI is InChI=1S/C22H20NO.BrH/c24-22-20(15-19-8-4-5-9-21(19)22)14-17-10-12-23(13-11-17)16-18-6-2-1-3-7-18;/h1-13,20H,14-16H2;1H/q+1;/p-1. The lowest BCUT2D eigenvalue weighted by atomic mass is 9.96. The van der Waals surface area contributed by atoms with Gasteiger partial charge in [0.1, 0.15) is 0 Å². The lowest BCUT2D eigenvalue weighted by Crippen LogP contribution is -3.00. The number of nitrogens with zero attached hydrogens (tertiary/aromatic N) is 1. The molecule has 1 aliphatic carbocycles. The summed E-state index contributed by atoms with van der Waals surface area (Å²) in [5.41, 5.74) is 4.63. The van der Waals surface area contributed by atoms with Crippen LogP contribution in [0.5, 0.6) is 0 Å². The first-order chi connectivity index (χ1) is 11.8. The number of ketones is 1. The molecule has 126 valence electrons. The Labute approximate surface area is 158 Å². The molecule has 0 bridgehead atoms. The van der Waals surface area contributed by atoms with E-state index in [9.17, 15) is 4.79 Å². The van der Waals surface area contributed by atoms with Crippen LogP contribution in [-0.2, 0) is 19.4 Å². The molecule has 1 aromatic heterocycles. The average Bonchev–Trinajstić information content (AvgIpc) is 2.94. The van der Waals surface area contributed by atoms with Crippen molar-refractivity contribution in [2.45, 2.75) is 19.4 Å². The predicted octanol–water partition coefficient (Wildman–Crippen LogP) is 0.624. The highest BCUT2D eigenvalue weighted by atomic mass is 79.9. The minimum atomic E-state index is 0. The van der Waals surface area contributed by atoms with Crippen molar-refractivity contribution in [1.29, 1.82) is 0 Å². The van der Waals surface area contributed by atoms with Gasteiger partial charge < -0.3 is 17.0 Å². The second-order valence-corrected chi connectivity index (χ2v) is 6.49. The van der Waals surface area contributed by atoms with Gasteiger partial charge in [0.15, 0.2) is 24.7 Å². The van der Waals surface area contributed by atoms with E-state index in [4.69, 9.17) is 0 Å². The topological polar surface area (TPSA) is 20.9 Å². The number of aromatic nitrogens is 1. The first-order valence-corrected chi connectivity index (χ1v) is 8.43. The Morgan fingerprint density at radius 2 is 1.52 bits per heavy atom. The molecule has 1 heterocycles. The number of hydrogen-bond acceptors (Lipinski definition) is 1. The Balaban J connectivity index is 0.00000182. The second-order valence-electron chi connectivity index (χ2n) is 6.49. The fourth-order valence-corrected chi connectivity index (χ4v) is 3.49. The molecule has 2 nitrogen and oxygen atoms in total. The summed E-state index contributed by atoms with van der Waals surface area (Å²) in [6.07, 6.45) is 5.90. The Kier molecular flexibility index (Phi) is 5.44. The highest BCUT2D eigenvalue weighted by Crippen LogP contribution is 2.28. The predicted molar refractivity (Wildman–Crippen MR) is 93.9 cm³/mol. The Morgan fingerprint density at radius 3 is 2.24 bits per heavy atom. The Bertz CT molecular complexity index is 859. The van der Waals surface area contributed by atoms with E-state index in [2.05, 4.69) is 59.4 Å². The van der Waals surface area contributed by atoms with Crippen LogP contribution in [0.3, 0.4) is 0 Å². The highest BCUT2D eigenvalue weighted by Gasteiger charge is 2.30. The molecule has 25 heavy (non-hydrogen) atoms. The molecule has 3 aromatic rings. The quantitative estimate of drug-likeness (QED) is 0.595. The molecule has 2 aromatic carbocycles. The van der Waals surface area contributed by atoms with Crippen LogP contribution in [0, 0.1) is 5.92 Å². The lowest BCUT2D eigenvalue weighted by molar-refractivity contribution is -0.688. The van der Waals surface area contributed by atoms with Crippen molar-refractivity contribution < 1.29 is 26.3 Å². The highest BCUT2D eigenvalue weighted by molar-refractivity contribution is 6.02. The van der Waals surface area contributed by atoms with E-state index < -0.39 is 0 Å². The average molecular weight is 394 g/mol. The van der Waals surface area contributed by atoms with E-state index in [1.165, 1.54) is 16.7 Å². The van der Waals surface area contributed by atoms with Gasteiger partial charge in [0, 0.05) is 29.2 Å². The van der Waals surface area contributed by atoms with E-state index in [1.807, 2.05) is 24.3 Å². The fourth-order valence-electron chi connectivity index (χ4n) is 3.49. The van der Waals surface area contributed by atoms with Gasteiger partial charge in [0.2, 0.25) is 0 Å². The lowest BCUT2D eigenvalue weighted by Gasteiger charge is -2.07. The fraction of sp³-hybridized carbons (Fsp3) is 0.182. The molecule has 1 atom stereocenters. The zero-order chi connectivity index (χ0) is 16.4. The minimum absolute atomic E-state index is 0. The second kappa shape index (κ2) is 7.75. The number of Topliss-reactive ketones (excluding diaryl/α,β-unsaturated/α-hetero) is 1. The molecule has 0 spiro atoms. The van der Waals surface area contributed by atoms with Gasteiger partial charge in [-0.25, -0.2) is 4.57 Å². The molecule has 0 radical (unpaired) electrons. The van der Waals surface area contributed by atoms with Crippen molar-refractivity contribution in [3.63, 3.8) is 0 Å². The van der Waals surface area contributed by atoms with Crippen LogP contribution >= 0.6 is 0 Å². The Morgan fingerprint density at radius 1 is 0.840 bits per heavy atom. The molecule has 1 unspecified atom stereocenters. The van der Waals surface area contributed by atoms with Gasteiger partial charge in [-0.15, -0.1) is 0 Å².